The Morgan fingerprint density at radius 1 is 1.07 bits per heavy atom. The first-order valence-corrected chi connectivity index (χ1v) is 9.86. The van der Waals surface area contributed by atoms with Gasteiger partial charge in [-0.3, -0.25) is 14.5 Å². The molecule has 148 valence electrons. The van der Waals surface area contributed by atoms with Crippen molar-refractivity contribution in [2.45, 2.75) is 45.1 Å². The number of carbonyl (C=O) groups excluding carboxylic acids is 3. The van der Waals surface area contributed by atoms with Gasteiger partial charge >= 0.3 is 5.97 Å². The number of carbonyl (C=O) groups is 3. The minimum Gasteiger partial charge on any atom is -0.465 e. The maximum Gasteiger partial charge on any atom is 0.323 e. The van der Waals surface area contributed by atoms with E-state index < -0.39 is 0 Å². The van der Waals surface area contributed by atoms with Crippen LogP contribution in [0.3, 0.4) is 0 Å². The van der Waals surface area contributed by atoms with Gasteiger partial charge in [-0.15, -0.1) is 0 Å². The molecule has 1 heterocycles. The van der Waals surface area contributed by atoms with Gasteiger partial charge in [-0.25, -0.2) is 0 Å². The third-order valence-corrected chi connectivity index (χ3v) is 4.92. The second-order valence-electron chi connectivity index (χ2n) is 6.77. The zero-order valence-corrected chi connectivity index (χ0v) is 16.1. The molecule has 6 heteroatoms. The highest BCUT2D eigenvalue weighted by Crippen LogP contribution is 2.16. The monoisotopic (exact) mass is 374 g/mol. The maximum absolute atomic E-state index is 12.6. The van der Waals surface area contributed by atoms with Crippen molar-refractivity contribution < 1.29 is 19.1 Å². The second kappa shape index (κ2) is 11.5. The molecule has 1 aliphatic heterocycles. The highest BCUT2D eigenvalue weighted by atomic mass is 16.5. The highest BCUT2D eigenvalue weighted by molar-refractivity contribution is 5.94. The number of aldehydes is 1. The van der Waals surface area contributed by atoms with Gasteiger partial charge in [-0.1, -0.05) is 31.0 Å². The average Bonchev–Trinajstić information content (AvgIpc) is 2.71. The fourth-order valence-corrected chi connectivity index (χ4v) is 3.43. The molecule has 1 atom stereocenters. The lowest BCUT2D eigenvalue weighted by Gasteiger charge is -2.38. The third kappa shape index (κ3) is 6.47. The lowest BCUT2D eigenvalue weighted by Crippen LogP contribution is -2.54. The van der Waals surface area contributed by atoms with Crippen molar-refractivity contribution in [1.29, 1.82) is 0 Å². The lowest BCUT2D eigenvalue weighted by molar-refractivity contribution is -0.150. The van der Waals surface area contributed by atoms with E-state index in [9.17, 15) is 14.4 Å². The summed E-state index contributed by atoms with van der Waals surface area (Å²) in [4.78, 5) is 39.4. The Kier molecular flexibility index (Phi) is 8.98. The zero-order chi connectivity index (χ0) is 19.5. The summed E-state index contributed by atoms with van der Waals surface area (Å²) in [6.45, 7) is 4.72. The van der Waals surface area contributed by atoms with Crippen molar-refractivity contribution in [1.82, 2.24) is 9.80 Å². The average molecular weight is 374 g/mol. The Bertz CT molecular complexity index is 597. The fraction of sp³-hybridized carbons (Fsp3) is 0.571. The molecule has 0 bridgehead atoms. The predicted octanol–water partition coefficient (Wildman–Crippen LogP) is 2.53. The van der Waals surface area contributed by atoms with Crippen LogP contribution >= 0.6 is 0 Å². The van der Waals surface area contributed by atoms with Gasteiger partial charge in [0.2, 0.25) is 0 Å². The van der Waals surface area contributed by atoms with Gasteiger partial charge in [-0.2, -0.15) is 0 Å². The topological polar surface area (TPSA) is 66.9 Å². The number of hydrogen-bond acceptors (Lipinski definition) is 5. The maximum atomic E-state index is 12.6. The van der Waals surface area contributed by atoms with Crippen molar-refractivity contribution >= 4 is 18.2 Å². The number of esters is 1. The van der Waals surface area contributed by atoms with E-state index in [4.69, 9.17) is 4.74 Å². The smallest absolute Gasteiger partial charge is 0.323 e. The normalized spacial score (nSPS) is 16.0. The van der Waals surface area contributed by atoms with Crippen LogP contribution < -0.4 is 0 Å². The number of rotatable bonds is 10. The van der Waals surface area contributed by atoms with Crippen molar-refractivity contribution in [3.63, 3.8) is 0 Å². The molecule has 1 fully saturated rings. The molecule has 6 nitrogen and oxygen atoms in total. The Labute approximate surface area is 161 Å². The van der Waals surface area contributed by atoms with Gasteiger partial charge in [0.15, 0.2) is 0 Å². The van der Waals surface area contributed by atoms with Gasteiger partial charge in [0.05, 0.1) is 6.61 Å². The molecule has 0 aliphatic carbocycles. The summed E-state index contributed by atoms with van der Waals surface area (Å²) in [5.41, 5.74) is 0.697. The molecule has 1 saturated heterocycles. The molecule has 0 N–H and O–H groups in total. The third-order valence-electron chi connectivity index (χ3n) is 4.92. The molecule has 2 rings (SSSR count). The molecular weight excluding hydrogens is 344 g/mol. The van der Waals surface area contributed by atoms with E-state index in [1.165, 1.54) is 0 Å². The summed E-state index contributed by atoms with van der Waals surface area (Å²) in [6, 6.07) is 9.02. The highest BCUT2D eigenvalue weighted by Gasteiger charge is 2.31. The lowest BCUT2D eigenvalue weighted by atomic mass is 10.0. The quantitative estimate of drug-likeness (QED) is 0.358. The Morgan fingerprint density at radius 3 is 2.41 bits per heavy atom. The summed E-state index contributed by atoms with van der Waals surface area (Å²) in [5, 5.41) is 0. The number of hydrogen-bond donors (Lipinski definition) is 0. The molecule has 1 aromatic rings. The van der Waals surface area contributed by atoms with Gasteiger partial charge in [-0.05, 0) is 31.9 Å². The zero-order valence-electron chi connectivity index (χ0n) is 16.1. The van der Waals surface area contributed by atoms with Crippen LogP contribution in [0.15, 0.2) is 30.3 Å². The SMILES string of the molecule is CCOC(=O)[C@H](CCCCCC=O)N1CCN(C(=O)c2ccccc2)CC1. The molecule has 1 aliphatic rings. The van der Waals surface area contributed by atoms with Crippen molar-refractivity contribution in [3.8, 4) is 0 Å². The minimum atomic E-state index is -0.268. The summed E-state index contributed by atoms with van der Waals surface area (Å²) < 4.78 is 5.26. The summed E-state index contributed by atoms with van der Waals surface area (Å²) in [7, 11) is 0. The van der Waals surface area contributed by atoms with Crippen molar-refractivity contribution in [2.24, 2.45) is 0 Å². The molecule has 0 radical (unpaired) electrons. The van der Waals surface area contributed by atoms with Gasteiger partial charge < -0.3 is 14.4 Å². The number of benzene rings is 1. The van der Waals surface area contributed by atoms with E-state index in [1.807, 2.05) is 42.2 Å². The molecule has 0 spiro atoms. The van der Waals surface area contributed by atoms with E-state index >= 15 is 0 Å². The minimum absolute atomic E-state index is 0.0387. The first-order valence-electron chi connectivity index (χ1n) is 9.86. The first kappa shape index (κ1) is 21.1. The standard InChI is InChI=1S/C21H30N2O4/c1-2-27-21(26)19(12-8-3-4-9-17-24)22-13-15-23(16-14-22)20(25)18-10-6-5-7-11-18/h5-7,10-11,17,19H,2-4,8-9,12-16H2,1H3/t19-/m0/s1. The summed E-state index contributed by atoms with van der Waals surface area (Å²) >= 11 is 0. The van der Waals surface area contributed by atoms with E-state index in [-0.39, 0.29) is 17.9 Å². The molecule has 1 amide bonds. The Hall–Kier alpha value is -2.21. The molecule has 1 aromatic carbocycles. The van der Waals surface area contributed by atoms with Crippen LogP contribution in [-0.4, -0.2) is 66.8 Å². The summed E-state index contributed by atoms with van der Waals surface area (Å²) in [6.07, 6.45) is 4.92. The number of unbranched alkanes of at least 4 members (excludes halogenated alkanes) is 3. The van der Waals surface area contributed by atoms with E-state index in [0.717, 1.165) is 32.0 Å². The molecular formula is C21H30N2O4. The van der Waals surface area contributed by atoms with E-state index in [2.05, 4.69) is 4.90 Å². The number of amides is 1. The van der Waals surface area contributed by atoms with Crippen LogP contribution in [-0.2, 0) is 14.3 Å². The molecule has 0 saturated carbocycles. The van der Waals surface area contributed by atoms with Gasteiger partial charge in [0, 0.05) is 38.2 Å². The molecule has 27 heavy (non-hydrogen) atoms. The Morgan fingerprint density at radius 2 is 1.78 bits per heavy atom. The van der Waals surface area contributed by atoms with Crippen LogP contribution in [0.25, 0.3) is 0 Å². The second-order valence-corrected chi connectivity index (χ2v) is 6.77. The van der Waals surface area contributed by atoms with Crippen LogP contribution in [0.4, 0.5) is 0 Å². The van der Waals surface area contributed by atoms with Gasteiger partial charge in [0.1, 0.15) is 12.3 Å². The fourth-order valence-electron chi connectivity index (χ4n) is 3.43. The first-order chi connectivity index (χ1) is 13.2. The van der Waals surface area contributed by atoms with Gasteiger partial charge in [0.25, 0.3) is 5.91 Å². The Balaban J connectivity index is 1.88. The molecule has 0 aromatic heterocycles. The summed E-state index contributed by atoms with van der Waals surface area (Å²) in [5.74, 6) is -0.146. The number of nitrogens with zero attached hydrogens (tertiary/aromatic N) is 2. The van der Waals surface area contributed by atoms with Crippen LogP contribution in [0.2, 0.25) is 0 Å². The predicted molar refractivity (Wildman–Crippen MR) is 103 cm³/mol. The van der Waals surface area contributed by atoms with Crippen LogP contribution in [0.1, 0.15) is 49.4 Å². The van der Waals surface area contributed by atoms with E-state index in [0.29, 0.717) is 44.8 Å². The van der Waals surface area contributed by atoms with E-state index in [1.54, 1.807) is 0 Å². The molecule has 0 unspecified atom stereocenters. The number of ether oxygens (including phenoxy) is 1. The van der Waals surface area contributed by atoms with Crippen molar-refractivity contribution in [3.05, 3.63) is 35.9 Å². The largest absolute Gasteiger partial charge is 0.465 e. The van der Waals surface area contributed by atoms with Crippen LogP contribution in [0.5, 0.6) is 0 Å². The van der Waals surface area contributed by atoms with Crippen LogP contribution in [0, 0.1) is 0 Å². The number of piperazine rings is 1. The van der Waals surface area contributed by atoms with Crippen molar-refractivity contribution in [2.75, 3.05) is 32.8 Å².